The maximum atomic E-state index is 10.9. The van der Waals surface area contributed by atoms with Gasteiger partial charge in [0.05, 0.1) is 5.56 Å². The highest BCUT2D eigenvalue weighted by Gasteiger charge is 2.35. The van der Waals surface area contributed by atoms with E-state index in [1.54, 1.807) is 12.1 Å². The Morgan fingerprint density at radius 2 is 2.27 bits per heavy atom. The van der Waals surface area contributed by atoms with Crippen LogP contribution in [0, 0.1) is 5.92 Å². The first-order chi connectivity index (χ1) is 7.22. The van der Waals surface area contributed by atoms with Gasteiger partial charge in [-0.2, -0.15) is 0 Å². The van der Waals surface area contributed by atoms with Gasteiger partial charge < -0.3 is 10.4 Å². The molecule has 0 radical (unpaired) electrons. The Bertz CT molecular complexity index is 376. The van der Waals surface area contributed by atoms with Crippen molar-refractivity contribution < 1.29 is 9.90 Å². The van der Waals surface area contributed by atoms with Crippen LogP contribution in [-0.4, -0.2) is 17.1 Å². The Balaban J connectivity index is 2.11. The Morgan fingerprint density at radius 3 is 2.87 bits per heavy atom. The van der Waals surface area contributed by atoms with Crippen LogP contribution in [0.1, 0.15) is 30.1 Å². The van der Waals surface area contributed by atoms with Gasteiger partial charge in [0.15, 0.2) is 0 Å². The first-order valence-corrected chi connectivity index (χ1v) is 5.31. The maximum absolute atomic E-state index is 10.9. The van der Waals surface area contributed by atoms with E-state index >= 15 is 0 Å². The molecule has 1 aliphatic carbocycles. The lowest BCUT2D eigenvalue weighted by Crippen LogP contribution is -2.09. The molecule has 2 rings (SSSR count). The van der Waals surface area contributed by atoms with Crippen LogP contribution in [0.5, 0.6) is 0 Å². The highest BCUT2D eigenvalue weighted by atomic mass is 16.4. The first kappa shape index (κ1) is 10.0. The molecule has 0 amide bonds. The van der Waals surface area contributed by atoms with Gasteiger partial charge in [-0.3, -0.25) is 0 Å². The van der Waals surface area contributed by atoms with Crippen molar-refractivity contribution in [2.45, 2.75) is 25.8 Å². The molecule has 0 heterocycles. The van der Waals surface area contributed by atoms with E-state index in [0.717, 1.165) is 18.5 Å². The van der Waals surface area contributed by atoms with E-state index in [1.807, 2.05) is 12.1 Å². The highest BCUT2D eigenvalue weighted by molar-refractivity contribution is 5.94. The second kappa shape index (κ2) is 3.93. The molecule has 2 unspecified atom stereocenters. The highest BCUT2D eigenvalue weighted by Crippen LogP contribution is 2.36. The van der Waals surface area contributed by atoms with Gasteiger partial charge in [-0.25, -0.2) is 4.79 Å². The number of benzene rings is 1. The summed E-state index contributed by atoms with van der Waals surface area (Å²) < 4.78 is 0. The van der Waals surface area contributed by atoms with Crippen molar-refractivity contribution >= 4 is 11.7 Å². The second-order valence-corrected chi connectivity index (χ2v) is 4.01. The number of nitrogens with one attached hydrogen (secondary N) is 1. The number of anilines is 1. The van der Waals surface area contributed by atoms with Gasteiger partial charge in [-0.1, -0.05) is 25.5 Å². The fourth-order valence-corrected chi connectivity index (χ4v) is 1.87. The van der Waals surface area contributed by atoms with Crippen LogP contribution < -0.4 is 5.32 Å². The predicted molar refractivity (Wildman–Crippen MR) is 59.2 cm³/mol. The predicted octanol–water partition coefficient (Wildman–Crippen LogP) is 2.60. The normalized spacial score (nSPS) is 23.5. The van der Waals surface area contributed by atoms with Crippen LogP contribution in [0.3, 0.4) is 0 Å². The van der Waals surface area contributed by atoms with E-state index in [-0.39, 0.29) is 0 Å². The quantitative estimate of drug-likeness (QED) is 0.794. The van der Waals surface area contributed by atoms with Crippen molar-refractivity contribution in [2.75, 3.05) is 5.32 Å². The van der Waals surface area contributed by atoms with Gasteiger partial charge in [0.1, 0.15) is 0 Å². The number of hydrogen-bond donors (Lipinski definition) is 2. The topological polar surface area (TPSA) is 49.3 Å². The molecule has 0 saturated heterocycles. The summed E-state index contributed by atoms with van der Waals surface area (Å²) >= 11 is 0. The lowest BCUT2D eigenvalue weighted by Gasteiger charge is -2.08. The van der Waals surface area contributed by atoms with E-state index in [1.165, 1.54) is 0 Å². The molecule has 15 heavy (non-hydrogen) atoms. The average molecular weight is 205 g/mol. The number of hydrogen-bond acceptors (Lipinski definition) is 2. The molecule has 1 aromatic carbocycles. The maximum Gasteiger partial charge on any atom is 0.337 e. The van der Waals surface area contributed by atoms with Gasteiger partial charge in [0, 0.05) is 11.7 Å². The van der Waals surface area contributed by atoms with Crippen LogP contribution in [-0.2, 0) is 0 Å². The van der Waals surface area contributed by atoms with Crippen LogP contribution in [0.15, 0.2) is 24.3 Å². The lowest BCUT2D eigenvalue weighted by atomic mass is 10.2. The van der Waals surface area contributed by atoms with Crippen molar-refractivity contribution in [3.8, 4) is 0 Å². The van der Waals surface area contributed by atoms with E-state index in [9.17, 15) is 4.79 Å². The van der Waals surface area contributed by atoms with E-state index in [4.69, 9.17) is 5.11 Å². The summed E-state index contributed by atoms with van der Waals surface area (Å²) in [5, 5.41) is 12.3. The molecule has 3 heteroatoms. The average Bonchev–Trinajstić information content (AvgIpc) is 2.97. The molecule has 80 valence electrons. The molecule has 3 nitrogen and oxygen atoms in total. The van der Waals surface area contributed by atoms with Gasteiger partial charge in [-0.05, 0) is 24.5 Å². The molecule has 1 saturated carbocycles. The minimum absolute atomic E-state index is 0.360. The molecule has 0 aliphatic heterocycles. The number of carbonyl (C=O) groups is 1. The van der Waals surface area contributed by atoms with Crippen LogP contribution in [0.2, 0.25) is 0 Å². The minimum Gasteiger partial charge on any atom is -0.478 e. The summed E-state index contributed by atoms with van der Waals surface area (Å²) in [5.74, 6) is -0.154. The molecular weight excluding hydrogens is 190 g/mol. The zero-order chi connectivity index (χ0) is 10.8. The Labute approximate surface area is 89.1 Å². The molecule has 0 bridgehead atoms. The molecule has 1 fully saturated rings. The second-order valence-electron chi connectivity index (χ2n) is 4.01. The van der Waals surface area contributed by atoms with Crippen LogP contribution >= 0.6 is 0 Å². The fourth-order valence-electron chi connectivity index (χ4n) is 1.87. The zero-order valence-corrected chi connectivity index (χ0v) is 8.73. The molecule has 1 aliphatic rings. The Kier molecular flexibility index (Phi) is 2.62. The summed E-state index contributed by atoms with van der Waals surface area (Å²) in [6, 6.07) is 7.54. The number of rotatable bonds is 4. The third-order valence-electron chi connectivity index (χ3n) is 2.95. The standard InChI is InChI=1S/C12H15NO2/c1-2-8-7-11(8)13-10-6-4-3-5-9(10)12(14)15/h3-6,8,11,13H,2,7H2,1H3,(H,14,15). The third-order valence-corrected chi connectivity index (χ3v) is 2.95. The van der Waals surface area contributed by atoms with Crippen molar-refractivity contribution in [3.05, 3.63) is 29.8 Å². The van der Waals surface area contributed by atoms with Crippen molar-refractivity contribution in [2.24, 2.45) is 5.92 Å². The van der Waals surface area contributed by atoms with Gasteiger partial charge in [0.2, 0.25) is 0 Å². The zero-order valence-electron chi connectivity index (χ0n) is 8.73. The lowest BCUT2D eigenvalue weighted by molar-refractivity contribution is 0.0698. The van der Waals surface area contributed by atoms with Crippen LogP contribution in [0.4, 0.5) is 5.69 Å². The van der Waals surface area contributed by atoms with Crippen molar-refractivity contribution in [1.82, 2.24) is 0 Å². The third kappa shape index (κ3) is 2.12. The Morgan fingerprint density at radius 1 is 1.53 bits per heavy atom. The summed E-state index contributed by atoms with van der Waals surface area (Å²) in [7, 11) is 0. The summed E-state index contributed by atoms with van der Waals surface area (Å²) in [5.41, 5.74) is 1.10. The number of carboxylic acids is 1. The van der Waals surface area contributed by atoms with Crippen molar-refractivity contribution in [1.29, 1.82) is 0 Å². The molecule has 2 N–H and O–H groups in total. The molecule has 2 atom stereocenters. The van der Waals surface area contributed by atoms with Gasteiger partial charge in [0.25, 0.3) is 0 Å². The largest absolute Gasteiger partial charge is 0.478 e. The van der Waals surface area contributed by atoms with Crippen LogP contribution in [0.25, 0.3) is 0 Å². The minimum atomic E-state index is -0.869. The van der Waals surface area contributed by atoms with Gasteiger partial charge >= 0.3 is 5.97 Å². The number of para-hydroxylation sites is 1. The Hall–Kier alpha value is -1.51. The van der Waals surface area contributed by atoms with E-state index in [2.05, 4.69) is 12.2 Å². The van der Waals surface area contributed by atoms with Gasteiger partial charge in [-0.15, -0.1) is 0 Å². The number of carboxylic acid groups (broad SMARTS) is 1. The summed E-state index contributed by atoms with van der Waals surface area (Å²) in [6.45, 7) is 2.16. The van der Waals surface area contributed by atoms with E-state index in [0.29, 0.717) is 17.5 Å². The van der Waals surface area contributed by atoms with Crippen molar-refractivity contribution in [3.63, 3.8) is 0 Å². The monoisotopic (exact) mass is 205 g/mol. The molecule has 0 spiro atoms. The molecular formula is C12H15NO2. The number of aromatic carboxylic acids is 1. The fraction of sp³-hybridized carbons (Fsp3) is 0.417. The smallest absolute Gasteiger partial charge is 0.337 e. The van der Waals surface area contributed by atoms with E-state index < -0.39 is 5.97 Å². The summed E-state index contributed by atoms with van der Waals surface area (Å²) in [4.78, 5) is 10.9. The SMILES string of the molecule is CCC1CC1Nc1ccccc1C(=O)O. The molecule has 0 aromatic heterocycles. The summed E-state index contributed by atoms with van der Waals surface area (Å²) in [6.07, 6.45) is 2.32. The molecule has 1 aromatic rings. The first-order valence-electron chi connectivity index (χ1n) is 5.31.